The quantitative estimate of drug-likeness (QED) is 0.121. The van der Waals surface area contributed by atoms with Crippen LogP contribution in [0, 0.1) is 0 Å². The van der Waals surface area contributed by atoms with Crippen molar-refractivity contribution in [3.63, 3.8) is 0 Å². The van der Waals surface area contributed by atoms with Gasteiger partial charge >= 0.3 is 0 Å². The molecular weight excluding hydrogens is 510 g/mol. The molecule has 0 N–H and O–H groups in total. The monoisotopic (exact) mass is 561 g/mol. The minimum atomic E-state index is -1.88. The summed E-state index contributed by atoms with van der Waals surface area (Å²) in [5.74, 6) is 1.52. The van der Waals surface area contributed by atoms with Gasteiger partial charge in [0.25, 0.3) is 0 Å². The Morgan fingerprint density at radius 1 is 0.700 bits per heavy atom. The number of aromatic nitrogens is 1. The van der Waals surface area contributed by atoms with Crippen molar-refractivity contribution in [2.45, 2.75) is 110 Å². The third-order valence-electron chi connectivity index (χ3n) is 7.94. The Balaban J connectivity index is 1.69. The van der Waals surface area contributed by atoms with Crippen molar-refractivity contribution in [1.29, 1.82) is 0 Å². The first-order valence-corrected chi connectivity index (χ1v) is 18.1. The van der Waals surface area contributed by atoms with Crippen molar-refractivity contribution in [1.82, 2.24) is 4.98 Å². The van der Waals surface area contributed by atoms with Gasteiger partial charge < -0.3 is 13.9 Å². The Hall–Kier alpha value is -2.63. The lowest BCUT2D eigenvalue weighted by atomic mass is 10.0. The molecule has 0 saturated carbocycles. The maximum absolute atomic E-state index is 6.58. The lowest BCUT2D eigenvalue weighted by Gasteiger charge is -2.36. The summed E-state index contributed by atoms with van der Waals surface area (Å²) in [6, 6.07) is 20.7. The molecule has 5 heteroatoms. The largest absolute Gasteiger partial charge is 0.494 e. The van der Waals surface area contributed by atoms with Crippen LogP contribution in [0.2, 0.25) is 18.1 Å². The molecule has 0 amide bonds. The maximum atomic E-state index is 6.58. The van der Waals surface area contributed by atoms with E-state index in [0.717, 1.165) is 41.0 Å². The predicted octanol–water partition coefficient (Wildman–Crippen LogP) is 10.4. The second-order valence-electron chi connectivity index (χ2n) is 12.4. The fraction of sp³-hybridized carbons (Fsp3) is 0.514. The van der Waals surface area contributed by atoms with Gasteiger partial charge in [0.05, 0.1) is 13.2 Å². The van der Waals surface area contributed by atoms with Gasteiger partial charge in [0.2, 0.25) is 5.88 Å². The molecule has 0 spiro atoms. The van der Waals surface area contributed by atoms with Crippen molar-refractivity contribution in [3.8, 4) is 22.8 Å². The van der Waals surface area contributed by atoms with E-state index in [1.54, 1.807) is 0 Å². The second kappa shape index (κ2) is 16.0. The van der Waals surface area contributed by atoms with Crippen LogP contribution in [-0.4, -0.2) is 19.9 Å². The molecule has 1 aromatic heterocycles. The number of pyridine rings is 1. The molecule has 0 aliphatic rings. The van der Waals surface area contributed by atoms with Gasteiger partial charge in [-0.05, 0) is 71.1 Å². The topological polar surface area (TPSA) is 40.6 Å². The zero-order chi connectivity index (χ0) is 28.8. The van der Waals surface area contributed by atoms with Crippen molar-refractivity contribution in [2.24, 2.45) is 0 Å². The van der Waals surface area contributed by atoms with Gasteiger partial charge in [0.1, 0.15) is 12.4 Å². The molecule has 40 heavy (non-hydrogen) atoms. The highest BCUT2D eigenvalue weighted by molar-refractivity contribution is 6.74. The Labute approximate surface area is 244 Å². The van der Waals surface area contributed by atoms with Crippen LogP contribution in [0.4, 0.5) is 0 Å². The first kappa shape index (κ1) is 31.9. The standard InChI is InChI=1S/C35H51NO3Si/c1-7-8-9-10-11-12-13-17-22-37-33-24-30(28-39-40(5,6)35(2,3)4)23-32(25-33)31-20-21-36-34(26-31)38-27-29-18-15-14-16-19-29/h14-16,18-21,23-26H,7-13,17,22,27-28H2,1-6H3. The summed E-state index contributed by atoms with van der Waals surface area (Å²) < 4.78 is 18.9. The Kier molecular flexibility index (Phi) is 12.7. The van der Waals surface area contributed by atoms with E-state index >= 15 is 0 Å². The minimum Gasteiger partial charge on any atom is -0.494 e. The van der Waals surface area contributed by atoms with E-state index in [1.165, 1.54) is 44.9 Å². The molecular formula is C35H51NO3Si. The molecule has 0 fully saturated rings. The van der Waals surface area contributed by atoms with E-state index in [9.17, 15) is 0 Å². The molecule has 4 nitrogen and oxygen atoms in total. The van der Waals surface area contributed by atoms with Crippen LogP contribution in [0.1, 0.15) is 90.2 Å². The smallest absolute Gasteiger partial charge is 0.214 e. The first-order chi connectivity index (χ1) is 19.2. The van der Waals surface area contributed by atoms with Crippen LogP contribution >= 0.6 is 0 Å². The highest BCUT2D eigenvalue weighted by atomic mass is 28.4. The van der Waals surface area contributed by atoms with E-state index < -0.39 is 8.32 Å². The van der Waals surface area contributed by atoms with Gasteiger partial charge in [-0.1, -0.05) is 103 Å². The van der Waals surface area contributed by atoms with Crippen LogP contribution in [0.15, 0.2) is 66.9 Å². The molecule has 0 radical (unpaired) electrons. The van der Waals surface area contributed by atoms with Gasteiger partial charge in [0.15, 0.2) is 8.32 Å². The van der Waals surface area contributed by atoms with Crippen LogP contribution in [0.3, 0.4) is 0 Å². The van der Waals surface area contributed by atoms with Crippen LogP contribution in [0.25, 0.3) is 11.1 Å². The van der Waals surface area contributed by atoms with E-state index in [-0.39, 0.29) is 5.04 Å². The summed E-state index contributed by atoms with van der Waals surface area (Å²) in [6.07, 6.45) is 12.1. The summed E-state index contributed by atoms with van der Waals surface area (Å²) in [7, 11) is -1.88. The zero-order valence-corrected chi connectivity index (χ0v) is 26.8. The van der Waals surface area contributed by atoms with Gasteiger partial charge in [0, 0.05) is 12.3 Å². The molecule has 218 valence electrons. The third kappa shape index (κ3) is 10.7. The number of hydrogen-bond donors (Lipinski definition) is 0. The highest BCUT2D eigenvalue weighted by Crippen LogP contribution is 2.37. The number of unbranched alkanes of at least 4 members (excludes halogenated alkanes) is 7. The van der Waals surface area contributed by atoms with Crippen LogP contribution < -0.4 is 9.47 Å². The highest BCUT2D eigenvalue weighted by Gasteiger charge is 2.37. The SMILES string of the molecule is CCCCCCCCCCOc1cc(CO[Si](C)(C)C(C)(C)C)cc(-c2ccnc(OCc3ccccc3)c2)c1. The Bertz CT molecular complexity index is 1140. The Morgan fingerprint density at radius 2 is 1.40 bits per heavy atom. The summed E-state index contributed by atoms with van der Waals surface area (Å²) in [5, 5.41) is 0.163. The predicted molar refractivity (Wildman–Crippen MR) is 171 cm³/mol. The Morgan fingerprint density at radius 3 is 2.10 bits per heavy atom. The molecule has 3 aromatic rings. The molecule has 0 bridgehead atoms. The van der Waals surface area contributed by atoms with Crippen molar-refractivity contribution < 1.29 is 13.9 Å². The van der Waals surface area contributed by atoms with E-state index in [2.05, 4.69) is 76.1 Å². The fourth-order valence-corrected chi connectivity index (χ4v) is 5.26. The zero-order valence-electron chi connectivity index (χ0n) is 25.8. The maximum Gasteiger partial charge on any atom is 0.214 e. The molecule has 0 saturated heterocycles. The van der Waals surface area contributed by atoms with E-state index in [4.69, 9.17) is 13.9 Å². The number of ether oxygens (including phenoxy) is 2. The summed E-state index contributed by atoms with van der Waals surface area (Å²) in [5.41, 5.74) is 4.41. The lowest BCUT2D eigenvalue weighted by Crippen LogP contribution is -2.40. The van der Waals surface area contributed by atoms with E-state index in [1.807, 2.05) is 36.5 Å². The number of benzene rings is 2. The molecule has 0 atom stereocenters. The summed E-state index contributed by atoms with van der Waals surface area (Å²) >= 11 is 0. The lowest BCUT2D eigenvalue weighted by molar-refractivity contribution is 0.273. The van der Waals surface area contributed by atoms with Gasteiger partial charge in [-0.3, -0.25) is 0 Å². The molecule has 0 unspecified atom stereocenters. The molecule has 0 aliphatic carbocycles. The first-order valence-electron chi connectivity index (χ1n) is 15.2. The average Bonchev–Trinajstić information content (AvgIpc) is 2.94. The van der Waals surface area contributed by atoms with Crippen LogP contribution in [0.5, 0.6) is 11.6 Å². The van der Waals surface area contributed by atoms with Gasteiger partial charge in [-0.15, -0.1) is 0 Å². The normalized spacial score (nSPS) is 11.9. The summed E-state index contributed by atoms with van der Waals surface area (Å²) in [4.78, 5) is 4.45. The third-order valence-corrected chi connectivity index (χ3v) is 12.4. The molecule has 3 rings (SSSR count). The van der Waals surface area contributed by atoms with Crippen LogP contribution in [-0.2, 0) is 17.6 Å². The van der Waals surface area contributed by atoms with E-state index in [0.29, 0.717) is 19.1 Å². The number of nitrogens with zero attached hydrogens (tertiary/aromatic N) is 1. The van der Waals surface area contributed by atoms with Crippen molar-refractivity contribution in [3.05, 3.63) is 78.0 Å². The molecule has 0 aliphatic heterocycles. The van der Waals surface area contributed by atoms with Gasteiger partial charge in [-0.2, -0.15) is 0 Å². The second-order valence-corrected chi connectivity index (χ2v) is 17.2. The number of hydrogen-bond acceptors (Lipinski definition) is 4. The average molecular weight is 562 g/mol. The minimum absolute atomic E-state index is 0.163. The number of rotatable bonds is 17. The fourth-order valence-electron chi connectivity index (χ4n) is 4.30. The van der Waals surface area contributed by atoms with Crippen molar-refractivity contribution in [2.75, 3.05) is 6.61 Å². The molecule has 2 aromatic carbocycles. The van der Waals surface area contributed by atoms with Gasteiger partial charge in [-0.25, -0.2) is 4.98 Å². The molecule has 1 heterocycles. The van der Waals surface area contributed by atoms with Crippen molar-refractivity contribution >= 4 is 8.32 Å². The summed E-state index contributed by atoms with van der Waals surface area (Å²) in [6.45, 7) is 15.5.